The number of rotatable bonds is 7. The van der Waals surface area contributed by atoms with Gasteiger partial charge in [0.2, 0.25) is 11.7 Å². The normalized spacial score (nSPS) is 13.3. The van der Waals surface area contributed by atoms with E-state index in [-0.39, 0.29) is 41.4 Å². The molecule has 0 aliphatic carbocycles. The van der Waals surface area contributed by atoms with Crippen molar-refractivity contribution < 1.29 is 24.0 Å². The van der Waals surface area contributed by atoms with E-state index in [9.17, 15) is 19.7 Å². The van der Waals surface area contributed by atoms with E-state index in [0.29, 0.717) is 48.7 Å². The predicted octanol–water partition coefficient (Wildman–Crippen LogP) is 3.40. The summed E-state index contributed by atoms with van der Waals surface area (Å²) in [4.78, 5) is 51.3. The lowest BCUT2D eigenvalue weighted by molar-refractivity contribution is -0.385. The molecular weight excluding hydrogens is 506 g/mol. The number of esters is 1. The van der Waals surface area contributed by atoms with E-state index in [1.807, 2.05) is 0 Å². The Morgan fingerprint density at radius 2 is 1.85 bits per heavy atom. The number of aromatic nitrogens is 4. The first-order chi connectivity index (χ1) is 18.9. The van der Waals surface area contributed by atoms with Gasteiger partial charge < -0.3 is 19.7 Å². The van der Waals surface area contributed by atoms with Crippen LogP contribution in [0.5, 0.6) is 0 Å². The van der Waals surface area contributed by atoms with Crippen LogP contribution < -0.4 is 5.32 Å². The minimum absolute atomic E-state index is 0.0357. The summed E-state index contributed by atoms with van der Waals surface area (Å²) in [6.45, 7) is 5.60. The molecule has 0 atom stereocenters. The fourth-order valence-electron chi connectivity index (χ4n) is 4.23. The molecule has 0 radical (unpaired) electrons. The number of nitrogens with one attached hydrogen (secondary N) is 1. The molecule has 2 aromatic heterocycles. The second-order valence-electron chi connectivity index (χ2n) is 8.70. The number of carbonyl (C=O) groups excluding carboxylic acids is 2. The van der Waals surface area contributed by atoms with Gasteiger partial charge >= 0.3 is 5.97 Å². The average Bonchev–Trinajstić information content (AvgIpc) is 3.38. The largest absolute Gasteiger partial charge is 0.461 e. The molecule has 13 heteroatoms. The molecule has 1 aliphatic rings. The highest BCUT2D eigenvalue weighted by molar-refractivity contribution is 5.94. The van der Waals surface area contributed by atoms with Crippen molar-refractivity contribution in [1.82, 2.24) is 24.3 Å². The van der Waals surface area contributed by atoms with Crippen LogP contribution in [-0.4, -0.2) is 74.0 Å². The van der Waals surface area contributed by atoms with Crippen molar-refractivity contribution in [2.45, 2.75) is 13.8 Å². The zero-order valence-electron chi connectivity index (χ0n) is 21.3. The maximum atomic E-state index is 12.8. The SMILES string of the molecule is CCOC(=O)c1cn2c(Nc3ccc(C(=O)N4CCOCC4)cc3)nc(-c3cccc([N+](=O)[O-])c3C)nc2n1. The first-order valence-corrected chi connectivity index (χ1v) is 12.3. The first kappa shape index (κ1) is 25.7. The summed E-state index contributed by atoms with van der Waals surface area (Å²) >= 11 is 0. The van der Waals surface area contributed by atoms with Gasteiger partial charge in [0.05, 0.1) is 24.7 Å². The van der Waals surface area contributed by atoms with E-state index in [1.165, 1.54) is 16.7 Å². The van der Waals surface area contributed by atoms with Gasteiger partial charge in [-0.25, -0.2) is 9.78 Å². The zero-order valence-corrected chi connectivity index (χ0v) is 21.3. The summed E-state index contributed by atoms with van der Waals surface area (Å²) in [5.74, 6) is -0.0995. The average molecular weight is 532 g/mol. The fraction of sp³-hybridized carbons (Fsp3) is 0.269. The quantitative estimate of drug-likeness (QED) is 0.213. The second kappa shape index (κ2) is 10.8. The van der Waals surface area contributed by atoms with Crippen molar-refractivity contribution in [3.8, 4) is 11.4 Å². The Morgan fingerprint density at radius 3 is 2.54 bits per heavy atom. The molecule has 13 nitrogen and oxygen atoms in total. The van der Waals surface area contributed by atoms with Crippen molar-refractivity contribution in [3.63, 3.8) is 0 Å². The third kappa shape index (κ3) is 5.25. The van der Waals surface area contributed by atoms with Crippen LogP contribution in [0.2, 0.25) is 0 Å². The minimum atomic E-state index is -0.618. The Morgan fingerprint density at radius 1 is 1.10 bits per heavy atom. The minimum Gasteiger partial charge on any atom is -0.461 e. The lowest BCUT2D eigenvalue weighted by Gasteiger charge is -2.26. The molecule has 1 amide bonds. The smallest absolute Gasteiger partial charge is 0.358 e. The number of ether oxygens (including phenoxy) is 2. The monoisotopic (exact) mass is 531 g/mol. The maximum Gasteiger partial charge on any atom is 0.358 e. The van der Waals surface area contributed by atoms with Crippen LogP contribution >= 0.6 is 0 Å². The van der Waals surface area contributed by atoms with Gasteiger partial charge in [-0.05, 0) is 38.1 Å². The lowest BCUT2D eigenvalue weighted by atomic mass is 10.1. The molecule has 39 heavy (non-hydrogen) atoms. The number of anilines is 2. The van der Waals surface area contributed by atoms with Gasteiger partial charge in [-0.3, -0.25) is 19.3 Å². The summed E-state index contributed by atoms with van der Waals surface area (Å²) < 4.78 is 11.9. The molecule has 0 unspecified atom stereocenters. The lowest BCUT2D eigenvalue weighted by Crippen LogP contribution is -2.40. The topological polar surface area (TPSA) is 154 Å². The number of hydrogen-bond donors (Lipinski definition) is 1. The van der Waals surface area contributed by atoms with Crippen molar-refractivity contribution >= 4 is 35.0 Å². The van der Waals surface area contributed by atoms with E-state index in [1.54, 1.807) is 55.1 Å². The molecule has 2 aromatic carbocycles. The van der Waals surface area contributed by atoms with E-state index in [4.69, 9.17) is 9.47 Å². The first-order valence-electron chi connectivity index (χ1n) is 12.3. The number of nitro groups is 1. The van der Waals surface area contributed by atoms with Crippen LogP contribution in [0, 0.1) is 17.0 Å². The molecule has 1 saturated heterocycles. The Bertz CT molecular complexity index is 1560. The van der Waals surface area contributed by atoms with E-state index in [0.717, 1.165) is 0 Å². The number of carbonyl (C=O) groups is 2. The molecule has 1 N–H and O–H groups in total. The molecule has 0 saturated carbocycles. The molecule has 5 rings (SSSR count). The van der Waals surface area contributed by atoms with Crippen LogP contribution in [0.15, 0.2) is 48.7 Å². The number of nitro benzene ring substituents is 1. The van der Waals surface area contributed by atoms with Crippen LogP contribution in [0.4, 0.5) is 17.3 Å². The van der Waals surface area contributed by atoms with Gasteiger partial charge in [0.1, 0.15) is 0 Å². The van der Waals surface area contributed by atoms with Gasteiger partial charge in [-0.15, -0.1) is 0 Å². The van der Waals surface area contributed by atoms with Crippen LogP contribution in [0.25, 0.3) is 17.2 Å². The summed E-state index contributed by atoms with van der Waals surface area (Å²) in [5, 5.41) is 14.7. The predicted molar refractivity (Wildman–Crippen MR) is 140 cm³/mol. The highest BCUT2D eigenvalue weighted by atomic mass is 16.6. The van der Waals surface area contributed by atoms with Crippen LogP contribution in [0.1, 0.15) is 33.3 Å². The summed E-state index contributed by atoms with van der Waals surface area (Å²) in [7, 11) is 0. The number of fused-ring (bicyclic) bond motifs is 1. The van der Waals surface area contributed by atoms with Crippen LogP contribution in [0.3, 0.4) is 0 Å². The van der Waals surface area contributed by atoms with Crippen LogP contribution in [-0.2, 0) is 9.47 Å². The number of morpholine rings is 1. The highest BCUT2D eigenvalue weighted by Crippen LogP contribution is 2.29. The fourth-order valence-corrected chi connectivity index (χ4v) is 4.23. The van der Waals surface area contributed by atoms with Crippen molar-refractivity contribution in [1.29, 1.82) is 0 Å². The van der Waals surface area contributed by atoms with Crippen molar-refractivity contribution in [3.05, 3.63) is 75.6 Å². The van der Waals surface area contributed by atoms with Gasteiger partial charge in [0.15, 0.2) is 11.5 Å². The van der Waals surface area contributed by atoms with Gasteiger partial charge in [0.25, 0.3) is 11.6 Å². The van der Waals surface area contributed by atoms with Crippen molar-refractivity contribution in [2.75, 3.05) is 38.2 Å². The Kier molecular flexibility index (Phi) is 7.14. The zero-order chi connectivity index (χ0) is 27.5. The summed E-state index contributed by atoms with van der Waals surface area (Å²) in [6.07, 6.45) is 1.45. The van der Waals surface area contributed by atoms with E-state index >= 15 is 0 Å². The molecule has 0 spiro atoms. The van der Waals surface area contributed by atoms with E-state index < -0.39 is 10.9 Å². The third-order valence-corrected chi connectivity index (χ3v) is 6.25. The van der Waals surface area contributed by atoms with E-state index in [2.05, 4.69) is 20.3 Å². The number of nitrogens with zero attached hydrogens (tertiary/aromatic N) is 6. The van der Waals surface area contributed by atoms with Gasteiger partial charge in [0, 0.05) is 47.7 Å². The number of benzene rings is 2. The summed E-state index contributed by atoms with van der Waals surface area (Å²) in [6, 6.07) is 11.5. The number of amides is 1. The second-order valence-corrected chi connectivity index (χ2v) is 8.70. The summed E-state index contributed by atoms with van der Waals surface area (Å²) in [5.41, 5.74) is 1.95. The van der Waals surface area contributed by atoms with Gasteiger partial charge in [-0.1, -0.05) is 12.1 Å². The molecular formula is C26H25N7O6. The molecule has 4 aromatic rings. The highest BCUT2D eigenvalue weighted by Gasteiger charge is 2.22. The Labute approximate surface area is 222 Å². The molecule has 200 valence electrons. The molecule has 1 fully saturated rings. The molecule has 1 aliphatic heterocycles. The maximum absolute atomic E-state index is 12.8. The molecule has 3 heterocycles. The number of hydrogen-bond acceptors (Lipinski definition) is 10. The standard InChI is InChI=1S/C26H25N7O6/c1-3-39-24(35)20-15-32-25(27-18-9-7-17(8-10-18)23(34)31-11-13-38-14-12-31)29-22(30-26(32)28-20)19-5-4-6-21(16(19)2)33(36)37/h4-10,15H,3,11-14H2,1-2H3,(H,27,28,29,30). The Balaban J connectivity index is 1.53. The number of imidazole rings is 1. The van der Waals surface area contributed by atoms with Gasteiger partial charge in [-0.2, -0.15) is 9.97 Å². The third-order valence-electron chi connectivity index (χ3n) is 6.25. The van der Waals surface area contributed by atoms with Crippen molar-refractivity contribution in [2.24, 2.45) is 0 Å². The Hall–Kier alpha value is -4.91. The molecule has 0 bridgehead atoms.